The molecule has 0 aliphatic carbocycles. The van der Waals surface area contributed by atoms with Crippen LogP contribution in [-0.2, 0) is 19.5 Å². The van der Waals surface area contributed by atoms with Crippen LogP contribution in [0.4, 0.5) is 0 Å². The van der Waals surface area contributed by atoms with E-state index in [1.54, 1.807) is 10.8 Å². The van der Waals surface area contributed by atoms with Gasteiger partial charge in [-0.05, 0) is 47.7 Å². The molecule has 4 nitrogen and oxygen atoms in total. The number of pyridine rings is 2. The van der Waals surface area contributed by atoms with Crippen LogP contribution in [0.1, 0.15) is 30.0 Å². The molecule has 2 aromatic heterocycles. The maximum atomic E-state index is 13.6. The molecule has 4 rings (SSSR count). The maximum absolute atomic E-state index is 13.6. The highest BCUT2D eigenvalue weighted by Gasteiger charge is 2.24. The van der Waals surface area contributed by atoms with Crippen molar-refractivity contribution in [2.45, 2.75) is 32.9 Å². The summed E-state index contributed by atoms with van der Waals surface area (Å²) in [6.07, 6.45) is 11.8. The molecule has 0 radical (unpaired) electrons. The number of halogens is 1. The minimum atomic E-state index is 0.0165. The Balaban J connectivity index is 1.67. The van der Waals surface area contributed by atoms with Crippen LogP contribution in [0.25, 0.3) is 11.0 Å². The van der Waals surface area contributed by atoms with E-state index in [-0.39, 0.29) is 5.56 Å². The molecule has 0 unspecified atom stereocenters. The van der Waals surface area contributed by atoms with Gasteiger partial charge in [-0.25, -0.2) is 4.98 Å². The second-order valence-electron chi connectivity index (χ2n) is 8.13. The fourth-order valence-electron chi connectivity index (χ4n) is 4.24. The van der Waals surface area contributed by atoms with Crippen LogP contribution in [0, 0.1) is 0 Å². The molecule has 0 N–H and O–H groups in total. The molecule has 32 heavy (non-hydrogen) atoms. The molecular formula is C27H28ClN3O. The van der Waals surface area contributed by atoms with Crippen LogP contribution in [0.5, 0.6) is 0 Å². The molecule has 1 aromatic carbocycles. The van der Waals surface area contributed by atoms with Crippen molar-refractivity contribution < 1.29 is 0 Å². The van der Waals surface area contributed by atoms with Crippen molar-refractivity contribution in [3.05, 3.63) is 111 Å². The molecule has 164 valence electrons. The fraction of sp³-hybridized carbons (Fsp3) is 0.259. The van der Waals surface area contributed by atoms with Gasteiger partial charge < -0.3 is 0 Å². The van der Waals surface area contributed by atoms with Crippen molar-refractivity contribution in [2.24, 2.45) is 0 Å². The van der Waals surface area contributed by atoms with Gasteiger partial charge in [-0.15, -0.1) is 0 Å². The SMILES string of the molecule is C=C(/C=C\C=C/CC)CN1CCc2c(c(=O)n(Cc3ccccc3Cl)c3ncccc23)C1. The first kappa shape index (κ1) is 22.3. The fourth-order valence-corrected chi connectivity index (χ4v) is 4.44. The summed E-state index contributed by atoms with van der Waals surface area (Å²) in [7, 11) is 0. The number of benzene rings is 1. The second-order valence-corrected chi connectivity index (χ2v) is 8.54. The third-order valence-corrected chi connectivity index (χ3v) is 6.19. The summed E-state index contributed by atoms with van der Waals surface area (Å²) in [6.45, 7) is 8.94. The Morgan fingerprint density at radius 3 is 2.84 bits per heavy atom. The Bertz CT molecular complexity index is 1260. The highest BCUT2D eigenvalue weighted by molar-refractivity contribution is 6.31. The van der Waals surface area contributed by atoms with Crippen LogP contribution in [0.3, 0.4) is 0 Å². The Labute approximate surface area is 194 Å². The quantitative estimate of drug-likeness (QED) is 0.448. The highest BCUT2D eigenvalue weighted by atomic mass is 35.5. The predicted octanol–water partition coefficient (Wildman–Crippen LogP) is 5.53. The maximum Gasteiger partial charge on any atom is 0.257 e. The van der Waals surface area contributed by atoms with Crippen molar-refractivity contribution in [3.63, 3.8) is 0 Å². The third kappa shape index (κ3) is 4.77. The van der Waals surface area contributed by atoms with Crippen molar-refractivity contribution in [3.8, 4) is 0 Å². The lowest BCUT2D eigenvalue weighted by atomic mass is 9.97. The summed E-state index contributed by atoms with van der Waals surface area (Å²) in [5.41, 5.74) is 4.66. The standard InChI is InChI=1S/C27H28ClN3O/c1-3-4-5-6-10-20(2)17-30-16-14-22-23-12-9-15-29-26(23)31(27(32)24(22)19-30)18-21-11-7-8-13-25(21)28/h4-13,15H,2-3,14,16-19H2,1H3/b5-4-,10-6-. The van der Waals surface area contributed by atoms with Crippen LogP contribution in [-0.4, -0.2) is 27.5 Å². The number of allylic oxidation sites excluding steroid dienone is 3. The van der Waals surface area contributed by atoms with E-state index in [2.05, 4.69) is 35.5 Å². The Kier molecular flexibility index (Phi) is 7.03. The van der Waals surface area contributed by atoms with Gasteiger partial charge in [0, 0.05) is 41.8 Å². The molecule has 1 aliphatic heterocycles. The van der Waals surface area contributed by atoms with Crippen molar-refractivity contribution in [1.29, 1.82) is 0 Å². The van der Waals surface area contributed by atoms with E-state index >= 15 is 0 Å². The lowest BCUT2D eigenvalue weighted by molar-refractivity contribution is 0.276. The molecule has 0 fully saturated rings. The van der Waals surface area contributed by atoms with Crippen LogP contribution >= 0.6 is 11.6 Å². The summed E-state index contributed by atoms with van der Waals surface area (Å²) in [4.78, 5) is 20.5. The van der Waals surface area contributed by atoms with Gasteiger partial charge in [0.2, 0.25) is 0 Å². The monoisotopic (exact) mass is 445 g/mol. The van der Waals surface area contributed by atoms with Gasteiger partial charge in [-0.2, -0.15) is 0 Å². The third-order valence-electron chi connectivity index (χ3n) is 5.82. The molecule has 3 aromatic rings. The van der Waals surface area contributed by atoms with E-state index in [1.807, 2.05) is 48.6 Å². The summed E-state index contributed by atoms with van der Waals surface area (Å²) in [5.74, 6) is 0. The number of hydrogen-bond donors (Lipinski definition) is 0. The Morgan fingerprint density at radius 1 is 1.19 bits per heavy atom. The van der Waals surface area contributed by atoms with E-state index in [4.69, 9.17) is 11.6 Å². The second kappa shape index (κ2) is 10.1. The number of aromatic nitrogens is 2. The van der Waals surface area contributed by atoms with Crippen LogP contribution < -0.4 is 5.56 Å². The first-order valence-corrected chi connectivity index (χ1v) is 11.4. The Morgan fingerprint density at radius 2 is 2.03 bits per heavy atom. The van der Waals surface area contributed by atoms with Gasteiger partial charge in [-0.3, -0.25) is 14.3 Å². The summed E-state index contributed by atoms with van der Waals surface area (Å²) >= 11 is 6.40. The van der Waals surface area contributed by atoms with Gasteiger partial charge in [0.1, 0.15) is 5.65 Å². The molecule has 3 heterocycles. The number of fused-ring (bicyclic) bond motifs is 3. The highest BCUT2D eigenvalue weighted by Crippen LogP contribution is 2.26. The smallest absolute Gasteiger partial charge is 0.257 e. The molecule has 0 saturated carbocycles. The van der Waals surface area contributed by atoms with Gasteiger partial charge in [0.05, 0.1) is 6.54 Å². The molecule has 0 bridgehead atoms. The average Bonchev–Trinajstić information content (AvgIpc) is 2.80. The lowest BCUT2D eigenvalue weighted by Crippen LogP contribution is -2.38. The molecule has 1 aliphatic rings. The lowest BCUT2D eigenvalue weighted by Gasteiger charge is -2.30. The first-order valence-electron chi connectivity index (χ1n) is 11.0. The minimum Gasteiger partial charge on any atom is -0.294 e. The number of rotatable bonds is 7. The summed E-state index contributed by atoms with van der Waals surface area (Å²) < 4.78 is 1.77. The zero-order chi connectivity index (χ0) is 22.5. The van der Waals surface area contributed by atoms with Crippen molar-refractivity contribution in [2.75, 3.05) is 13.1 Å². The topological polar surface area (TPSA) is 38.1 Å². The van der Waals surface area contributed by atoms with E-state index in [9.17, 15) is 4.79 Å². The van der Waals surface area contributed by atoms with Crippen molar-refractivity contribution >= 4 is 22.6 Å². The van der Waals surface area contributed by atoms with E-state index < -0.39 is 0 Å². The number of nitrogens with zero attached hydrogens (tertiary/aromatic N) is 3. The van der Waals surface area contributed by atoms with Crippen LogP contribution in [0.15, 0.2) is 83.8 Å². The van der Waals surface area contributed by atoms with Crippen LogP contribution in [0.2, 0.25) is 5.02 Å². The van der Waals surface area contributed by atoms with Gasteiger partial charge in [-0.1, -0.05) is 67.6 Å². The van der Waals surface area contributed by atoms with Gasteiger partial charge >= 0.3 is 0 Å². The zero-order valence-electron chi connectivity index (χ0n) is 18.4. The zero-order valence-corrected chi connectivity index (χ0v) is 19.2. The molecule has 0 atom stereocenters. The van der Waals surface area contributed by atoms with Crippen molar-refractivity contribution in [1.82, 2.24) is 14.5 Å². The molecular weight excluding hydrogens is 418 g/mol. The van der Waals surface area contributed by atoms with E-state index in [0.29, 0.717) is 18.1 Å². The van der Waals surface area contributed by atoms with E-state index in [1.165, 1.54) is 0 Å². The van der Waals surface area contributed by atoms with Gasteiger partial charge in [0.25, 0.3) is 5.56 Å². The van der Waals surface area contributed by atoms with E-state index in [0.717, 1.165) is 59.2 Å². The normalized spacial score (nSPS) is 14.4. The molecule has 0 spiro atoms. The molecule has 0 saturated heterocycles. The molecule has 5 heteroatoms. The average molecular weight is 446 g/mol. The Hall–Kier alpha value is -2.95. The summed E-state index contributed by atoms with van der Waals surface area (Å²) in [6, 6.07) is 11.7. The predicted molar refractivity (Wildman–Crippen MR) is 133 cm³/mol. The van der Waals surface area contributed by atoms with Gasteiger partial charge in [0.15, 0.2) is 0 Å². The summed E-state index contributed by atoms with van der Waals surface area (Å²) in [5, 5.41) is 1.71. The molecule has 0 amide bonds. The largest absolute Gasteiger partial charge is 0.294 e. The first-order chi connectivity index (χ1) is 15.6. The minimum absolute atomic E-state index is 0.0165. The number of hydrogen-bond acceptors (Lipinski definition) is 3.